The zero-order chi connectivity index (χ0) is 12.4. The molecule has 5 heteroatoms. The van der Waals surface area contributed by atoms with Gasteiger partial charge in [-0.1, -0.05) is 12.1 Å². The fourth-order valence-electron chi connectivity index (χ4n) is 1.94. The highest BCUT2D eigenvalue weighted by Crippen LogP contribution is 2.32. The van der Waals surface area contributed by atoms with Crippen LogP contribution >= 0.6 is 12.4 Å². The summed E-state index contributed by atoms with van der Waals surface area (Å²) < 4.78 is 13.7. The quantitative estimate of drug-likeness (QED) is 0.881. The highest BCUT2D eigenvalue weighted by Gasteiger charge is 2.31. The average Bonchev–Trinajstić information content (AvgIpc) is 3.13. The number of aryl methyl sites for hydroxylation is 1. The summed E-state index contributed by atoms with van der Waals surface area (Å²) in [5.41, 5.74) is 6.18. The lowest BCUT2D eigenvalue weighted by Crippen LogP contribution is -2.42. The predicted octanol–water partition coefficient (Wildman–Crippen LogP) is 2.02. The minimum atomic E-state index is -0.448. The molecule has 3 nitrogen and oxygen atoms in total. The van der Waals surface area contributed by atoms with E-state index in [1.165, 1.54) is 6.07 Å². The van der Waals surface area contributed by atoms with E-state index in [1.807, 2.05) is 0 Å². The topological polar surface area (TPSA) is 55.1 Å². The number of hydrogen-bond acceptors (Lipinski definition) is 2. The highest BCUT2D eigenvalue weighted by atomic mass is 35.5. The van der Waals surface area contributed by atoms with Gasteiger partial charge in [0.1, 0.15) is 5.82 Å². The van der Waals surface area contributed by atoms with Gasteiger partial charge in [0.25, 0.3) is 5.91 Å². The van der Waals surface area contributed by atoms with Gasteiger partial charge in [0.2, 0.25) is 0 Å². The fourth-order valence-corrected chi connectivity index (χ4v) is 1.94. The van der Waals surface area contributed by atoms with Gasteiger partial charge >= 0.3 is 0 Å². The van der Waals surface area contributed by atoms with Crippen LogP contribution in [0.1, 0.15) is 28.8 Å². The summed E-state index contributed by atoms with van der Waals surface area (Å²) in [6, 6.07) is 4.80. The van der Waals surface area contributed by atoms with Gasteiger partial charge in [-0.25, -0.2) is 4.39 Å². The Bertz CT molecular complexity index is 435. The van der Waals surface area contributed by atoms with Crippen LogP contribution in [0.15, 0.2) is 18.2 Å². The van der Waals surface area contributed by atoms with Crippen molar-refractivity contribution in [1.29, 1.82) is 0 Å². The van der Waals surface area contributed by atoms with Crippen LogP contribution in [0.2, 0.25) is 0 Å². The second kappa shape index (κ2) is 6.16. The summed E-state index contributed by atoms with van der Waals surface area (Å²) in [6.45, 7) is 2.05. The number of carbonyl (C=O) groups excluding carboxylic acids is 1. The Kier molecular flexibility index (Phi) is 5.11. The van der Waals surface area contributed by atoms with Crippen molar-refractivity contribution in [2.75, 3.05) is 6.54 Å². The standard InChI is InChI=1S/C13H17FN2O.ClH/c1-8-3-2-4-10(12(8)14)13(17)16-11(7-15)9-5-6-9;/h2-4,9,11H,5-7,15H2,1H3,(H,16,17);1H. The van der Waals surface area contributed by atoms with Gasteiger partial charge in [0.15, 0.2) is 0 Å². The molecule has 0 heterocycles. The van der Waals surface area contributed by atoms with Crippen molar-refractivity contribution in [3.05, 3.63) is 35.1 Å². The normalized spacial score (nSPS) is 15.7. The molecule has 0 saturated heterocycles. The Morgan fingerprint density at radius 1 is 1.56 bits per heavy atom. The van der Waals surface area contributed by atoms with Crippen LogP contribution in [0.4, 0.5) is 4.39 Å². The Balaban J connectivity index is 0.00000162. The minimum Gasteiger partial charge on any atom is -0.348 e. The maximum absolute atomic E-state index is 13.7. The molecule has 1 amide bonds. The number of halogens is 2. The fraction of sp³-hybridized carbons (Fsp3) is 0.462. The van der Waals surface area contributed by atoms with Crippen molar-refractivity contribution >= 4 is 18.3 Å². The first kappa shape index (κ1) is 14.9. The number of rotatable bonds is 4. The largest absolute Gasteiger partial charge is 0.348 e. The van der Waals surface area contributed by atoms with Crippen molar-refractivity contribution in [2.24, 2.45) is 11.7 Å². The molecule has 0 radical (unpaired) electrons. The molecule has 18 heavy (non-hydrogen) atoms. The van der Waals surface area contributed by atoms with Gasteiger partial charge in [-0.05, 0) is 37.3 Å². The van der Waals surface area contributed by atoms with E-state index in [0.29, 0.717) is 18.0 Å². The number of carbonyl (C=O) groups is 1. The summed E-state index contributed by atoms with van der Waals surface area (Å²) >= 11 is 0. The first-order valence-corrected chi connectivity index (χ1v) is 5.89. The lowest BCUT2D eigenvalue weighted by molar-refractivity contribution is 0.0929. The van der Waals surface area contributed by atoms with E-state index < -0.39 is 5.82 Å². The Morgan fingerprint density at radius 2 is 2.22 bits per heavy atom. The molecule has 3 N–H and O–H groups in total. The van der Waals surface area contributed by atoms with Crippen LogP contribution in [-0.2, 0) is 0 Å². The average molecular weight is 273 g/mol. The molecule has 0 aliphatic heterocycles. The van der Waals surface area contributed by atoms with Crippen LogP contribution in [0.25, 0.3) is 0 Å². The van der Waals surface area contributed by atoms with E-state index in [2.05, 4.69) is 5.32 Å². The number of benzene rings is 1. The molecule has 2 rings (SSSR count). The SMILES string of the molecule is Cc1cccc(C(=O)NC(CN)C2CC2)c1F.Cl. The van der Waals surface area contributed by atoms with Gasteiger partial charge in [-0.2, -0.15) is 0 Å². The lowest BCUT2D eigenvalue weighted by atomic mass is 10.1. The molecule has 1 aromatic rings. The molecule has 1 aromatic carbocycles. The molecule has 1 atom stereocenters. The van der Waals surface area contributed by atoms with Crippen LogP contribution in [0, 0.1) is 18.7 Å². The van der Waals surface area contributed by atoms with Gasteiger partial charge in [-0.3, -0.25) is 4.79 Å². The molecular weight excluding hydrogens is 255 g/mol. The molecule has 1 saturated carbocycles. The highest BCUT2D eigenvalue weighted by molar-refractivity contribution is 5.94. The smallest absolute Gasteiger partial charge is 0.254 e. The maximum Gasteiger partial charge on any atom is 0.254 e. The third kappa shape index (κ3) is 3.21. The third-order valence-corrected chi connectivity index (χ3v) is 3.20. The summed E-state index contributed by atoms with van der Waals surface area (Å²) in [7, 11) is 0. The van der Waals surface area contributed by atoms with E-state index >= 15 is 0 Å². The second-order valence-electron chi connectivity index (χ2n) is 4.59. The molecule has 1 fully saturated rings. The lowest BCUT2D eigenvalue weighted by Gasteiger charge is -2.16. The zero-order valence-corrected chi connectivity index (χ0v) is 11.1. The van der Waals surface area contributed by atoms with Gasteiger partial charge in [0, 0.05) is 12.6 Å². The third-order valence-electron chi connectivity index (χ3n) is 3.20. The molecular formula is C13H18ClFN2O. The van der Waals surface area contributed by atoms with Crippen LogP contribution < -0.4 is 11.1 Å². The zero-order valence-electron chi connectivity index (χ0n) is 10.3. The second-order valence-corrected chi connectivity index (χ2v) is 4.59. The molecule has 100 valence electrons. The van der Waals surface area contributed by atoms with Gasteiger partial charge in [-0.15, -0.1) is 12.4 Å². The summed E-state index contributed by atoms with van der Waals surface area (Å²) in [5, 5.41) is 2.81. The molecule has 0 bridgehead atoms. The van der Waals surface area contributed by atoms with E-state index in [1.54, 1.807) is 19.1 Å². The molecule has 1 aliphatic rings. The summed E-state index contributed by atoms with van der Waals surface area (Å²) in [5.74, 6) is -0.345. The van der Waals surface area contributed by atoms with E-state index in [4.69, 9.17) is 5.73 Å². The predicted molar refractivity (Wildman–Crippen MR) is 71.4 cm³/mol. The first-order valence-electron chi connectivity index (χ1n) is 5.89. The van der Waals surface area contributed by atoms with Crippen molar-refractivity contribution in [3.8, 4) is 0 Å². The number of nitrogens with one attached hydrogen (secondary N) is 1. The molecule has 0 aromatic heterocycles. The summed E-state index contributed by atoms with van der Waals surface area (Å²) in [6.07, 6.45) is 2.19. The Morgan fingerprint density at radius 3 is 2.78 bits per heavy atom. The Hall–Kier alpha value is -1.13. The number of amides is 1. The monoisotopic (exact) mass is 272 g/mol. The summed E-state index contributed by atoms with van der Waals surface area (Å²) in [4.78, 5) is 11.9. The van der Waals surface area contributed by atoms with Crippen molar-refractivity contribution < 1.29 is 9.18 Å². The van der Waals surface area contributed by atoms with Crippen molar-refractivity contribution in [2.45, 2.75) is 25.8 Å². The van der Waals surface area contributed by atoms with Crippen LogP contribution in [0.3, 0.4) is 0 Å². The maximum atomic E-state index is 13.7. The van der Waals surface area contributed by atoms with Crippen molar-refractivity contribution in [3.63, 3.8) is 0 Å². The van der Waals surface area contributed by atoms with E-state index in [9.17, 15) is 9.18 Å². The number of nitrogens with two attached hydrogens (primary N) is 1. The van der Waals surface area contributed by atoms with Crippen LogP contribution in [-0.4, -0.2) is 18.5 Å². The first-order chi connectivity index (χ1) is 8.13. The molecule has 0 spiro atoms. The van der Waals surface area contributed by atoms with E-state index in [-0.39, 0.29) is 29.9 Å². The van der Waals surface area contributed by atoms with Gasteiger partial charge in [0.05, 0.1) is 5.56 Å². The number of hydrogen-bond donors (Lipinski definition) is 2. The van der Waals surface area contributed by atoms with Gasteiger partial charge < -0.3 is 11.1 Å². The molecule has 1 unspecified atom stereocenters. The molecule has 1 aliphatic carbocycles. The van der Waals surface area contributed by atoms with Crippen LogP contribution in [0.5, 0.6) is 0 Å². The van der Waals surface area contributed by atoms with Crippen molar-refractivity contribution in [1.82, 2.24) is 5.32 Å². The Labute approximate surface area is 112 Å². The van der Waals surface area contributed by atoms with E-state index in [0.717, 1.165) is 12.8 Å². The minimum absolute atomic E-state index is 0.